The van der Waals surface area contributed by atoms with Gasteiger partial charge in [-0.2, -0.15) is 0 Å². The second kappa shape index (κ2) is 8.96. The summed E-state index contributed by atoms with van der Waals surface area (Å²) in [5, 5.41) is 12.6. The number of aromatic nitrogens is 2. The number of hydrogen-bond donors (Lipinski definition) is 2. The van der Waals surface area contributed by atoms with Gasteiger partial charge in [-0.1, -0.05) is 30.7 Å². The van der Waals surface area contributed by atoms with E-state index in [0.717, 1.165) is 6.42 Å². The molecule has 1 unspecified atom stereocenters. The first-order valence-electron chi connectivity index (χ1n) is 8.63. The number of carbonyl (C=O) groups excluding carboxylic acids is 1. The van der Waals surface area contributed by atoms with Crippen LogP contribution in [0.15, 0.2) is 29.1 Å². The molecular weight excluding hydrogens is 354 g/mol. The molecule has 0 saturated carbocycles. The van der Waals surface area contributed by atoms with E-state index in [0.29, 0.717) is 27.7 Å². The third-order valence-corrected chi connectivity index (χ3v) is 4.47. The van der Waals surface area contributed by atoms with Crippen LogP contribution in [-0.4, -0.2) is 33.2 Å². The van der Waals surface area contributed by atoms with Gasteiger partial charge in [0.05, 0.1) is 0 Å². The van der Waals surface area contributed by atoms with E-state index in [1.54, 1.807) is 31.2 Å². The summed E-state index contributed by atoms with van der Waals surface area (Å²) >= 11 is 6.07. The standard InChI is InChI=1S/C19H24ClN3O3/c1-4-12(2)21-17(25)11-23-18(14-6-5-7-15(20)10-14)22-13(3)16(8-9-24)19(23)26/h5-7,10,12,24H,4,8-9,11H2,1-3H3,(H,21,25). The molecule has 2 N–H and O–H groups in total. The highest BCUT2D eigenvalue weighted by Crippen LogP contribution is 2.21. The number of halogens is 1. The third kappa shape index (κ3) is 4.71. The summed E-state index contributed by atoms with van der Waals surface area (Å²) in [4.78, 5) is 29.8. The van der Waals surface area contributed by atoms with Crippen LogP contribution in [0.25, 0.3) is 11.4 Å². The van der Waals surface area contributed by atoms with Crippen molar-refractivity contribution in [2.45, 2.75) is 46.2 Å². The zero-order valence-electron chi connectivity index (χ0n) is 15.3. The maximum absolute atomic E-state index is 12.9. The topological polar surface area (TPSA) is 84.2 Å². The Morgan fingerprint density at radius 2 is 2.15 bits per heavy atom. The van der Waals surface area contributed by atoms with Gasteiger partial charge in [0, 0.05) is 40.9 Å². The van der Waals surface area contributed by atoms with Gasteiger partial charge in [0.2, 0.25) is 5.91 Å². The van der Waals surface area contributed by atoms with Gasteiger partial charge in [-0.05, 0) is 32.4 Å². The number of hydrogen-bond acceptors (Lipinski definition) is 4. The summed E-state index contributed by atoms with van der Waals surface area (Å²) in [6.07, 6.45) is 0.990. The summed E-state index contributed by atoms with van der Waals surface area (Å²) in [7, 11) is 0. The Morgan fingerprint density at radius 3 is 2.77 bits per heavy atom. The van der Waals surface area contributed by atoms with Crippen molar-refractivity contribution in [1.82, 2.24) is 14.9 Å². The molecule has 1 aromatic heterocycles. The lowest BCUT2D eigenvalue weighted by molar-refractivity contribution is -0.122. The lowest BCUT2D eigenvalue weighted by Gasteiger charge is -2.17. The van der Waals surface area contributed by atoms with Crippen molar-refractivity contribution in [2.75, 3.05) is 6.61 Å². The van der Waals surface area contributed by atoms with Crippen molar-refractivity contribution < 1.29 is 9.90 Å². The van der Waals surface area contributed by atoms with Gasteiger partial charge in [0.15, 0.2) is 0 Å². The Labute approximate surface area is 157 Å². The van der Waals surface area contributed by atoms with Crippen LogP contribution in [0.4, 0.5) is 0 Å². The molecule has 2 aromatic rings. The first-order chi connectivity index (χ1) is 12.4. The summed E-state index contributed by atoms with van der Waals surface area (Å²) in [6, 6.07) is 7.02. The largest absolute Gasteiger partial charge is 0.396 e. The molecule has 26 heavy (non-hydrogen) atoms. The Balaban J connectivity index is 2.56. The van der Waals surface area contributed by atoms with Crippen LogP contribution >= 0.6 is 11.6 Å². The van der Waals surface area contributed by atoms with Crippen LogP contribution in [0, 0.1) is 6.92 Å². The summed E-state index contributed by atoms with van der Waals surface area (Å²) in [6.45, 7) is 5.30. The maximum Gasteiger partial charge on any atom is 0.257 e. The van der Waals surface area contributed by atoms with Crippen molar-refractivity contribution >= 4 is 17.5 Å². The van der Waals surface area contributed by atoms with E-state index in [-0.39, 0.29) is 37.1 Å². The quantitative estimate of drug-likeness (QED) is 0.775. The minimum Gasteiger partial charge on any atom is -0.396 e. The number of benzene rings is 1. The molecule has 2 rings (SSSR count). The van der Waals surface area contributed by atoms with E-state index in [1.165, 1.54) is 4.57 Å². The van der Waals surface area contributed by atoms with Crippen LogP contribution in [-0.2, 0) is 17.8 Å². The molecule has 0 fully saturated rings. The Morgan fingerprint density at radius 1 is 1.42 bits per heavy atom. The highest BCUT2D eigenvalue weighted by molar-refractivity contribution is 6.30. The number of aliphatic hydroxyl groups excluding tert-OH is 1. The normalized spacial score (nSPS) is 12.0. The molecule has 1 atom stereocenters. The fraction of sp³-hybridized carbons (Fsp3) is 0.421. The van der Waals surface area contributed by atoms with E-state index in [9.17, 15) is 14.7 Å². The van der Waals surface area contributed by atoms with Gasteiger partial charge in [-0.15, -0.1) is 0 Å². The van der Waals surface area contributed by atoms with Crippen molar-refractivity contribution in [2.24, 2.45) is 0 Å². The predicted molar refractivity (Wildman–Crippen MR) is 102 cm³/mol. The summed E-state index contributed by atoms with van der Waals surface area (Å²) < 4.78 is 1.35. The fourth-order valence-electron chi connectivity index (χ4n) is 2.66. The van der Waals surface area contributed by atoms with E-state index in [4.69, 9.17) is 11.6 Å². The van der Waals surface area contributed by atoms with E-state index in [2.05, 4.69) is 10.3 Å². The average Bonchev–Trinajstić information content (AvgIpc) is 2.60. The first kappa shape index (κ1) is 20.1. The number of amides is 1. The molecule has 0 radical (unpaired) electrons. The minimum atomic E-state index is -0.319. The summed E-state index contributed by atoms with van der Waals surface area (Å²) in [5.74, 6) is 0.126. The van der Waals surface area contributed by atoms with Crippen LogP contribution in [0.1, 0.15) is 31.5 Å². The Hall–Kier alpha value is -2.18. The highest BCUT2D eigenvalue weighted by Gasteiger charge is 2.18. The number of carbonyl (C=O) groups is 1. The number of aryl methyl sites for hydroxylation is 1. The molecular formula is C19H24ClN3O3. The number of nitrogens with zero attached hydrogens (tertiary/aromatic N) is 2. The minimum absolute atomic E-state index is 0.0168. The van der Waals surface area contributed by atoms with Gasteiger partial charge in [-0.25, -0.2) is 4.98 Å². The van der Waals surface area contributed by atoms with E-state index in [1.807, 2.05) is 13.8 Å². The number of rotatable bonds is 7. The van der Waals surface area contributed by atoms with Crippen molar-refractivity contribution in [3.05, 3.63) is 50.9 Å². The molecule has 7 heteroatoms. The number of aliphatic hydroxyl groups is 1. The lowest BCUT2D eigenvalue weighted by atomic mass is 10.1. The maximum atomic E-state index is 12.9. The lowest BCUT2D eigenvalue weighted by Crippen LogP contribution is -2.39. The molecule has 0 aliphatic heterocycles. The van der Waals surface area contributed by atoms with Crippen LogP contribution in [0.3, 0.4) is 0 Å². The summed E-state index contributed by atoms with van der Waals surface area (Å²) in [5.41, 5.74) is 1.29. The molecule has 1 aromatic carbocycles. The second-order valence-corrected chi connectivity index (χ2v) is 6.69. The van der Waals surface area contributed by atoms with E-state index < -0.39 is 0 Å². The highest BCUT2D eigenvalue weighted by atomic mass is 35.5. The third-order valence-electron chi connectivity index (χ3n) is 4.24. The monoisotopic (exact) mass is 377 g/mol. The average molecular weight is 378 g/mol. The zero-order valence-corrected chi connectivity index (χ0v) is 16.0. The van der Waals surface area contributed by atoms with Crippen molar-refractivity contribution in [3.8, 4) is 11.4 Å². The molecule has 0 aliphatic rings. The molecule has 0 bridgehead atoms. The van der Waals surface area contributed by atoms with Crippen LogP contribution in [0.5, 0.6) is 0 Å². The SMILES string of the molecule is CCC(C)NC(=O)Cn1c(-c2cccc(Cl)c2)nc(C)c(CCO)c1=O. The second-order valence-electron chi connectivity index (χ2n) is 6.25. The van der Waals surface area contributed by atoms with Crippen molar-refractivity contribution in [3.63, 3.8) is 0 Å². The smallest absolute Gasteiger partial charge is 0.257 e. The Kier molecular flexibility index (Phi) is 6.94. The fourth-order valence-corrected chi connectivity index (χ4v) is 2.85. The van der Waals surface area contributed by atoms with Gasteiger partial charge in [0.1, 0.15) is 12.4 Å². The number of nitrogens with one attached hydrogen (secondary N) is 1. The molecule has 6 nitrogen and oxygen atoms in total. The van der Waals surface area contributed by atoms with E-state index >= 15 is 0 Å². The molecule has 1 heterocycles. The molecule has 0 saturated heterocycles. The van der Waals surface area contributed by atoms with Crippen LogP contribution < -0.4 is 10.9 Å². The van der Waals surface area contributed by atoms with Gasteiger partial charge in [-0.3, -0.25) is 14.2 Å². The molecule has 0 aliphatic carbocycles. The van der Waals surface area contributed by atoms with Gasteiger partial charge >= 0.3 is 0 Å². The van der Waals surface area contributed by atoms with Gasteiger partial charge in [0.25, 0.3) is 5.56 Å². The molecule has 140 valence electrons. The van der Waals surface area contributed by atoms with Crippen molar-refractivity contribution in [1.29, 1.82) is 0 Å². The first-order valence-corrected chi connectivity index (χ1v) is 9.01. The molecule has 0 spiro atoms. The molecule has 1 amide bonds. The zero-order chi connectivity index (χ0) is 19.3. The van der Waals surface area contributed by atoms with Gasteiger partial charge < -0.3 is 10.4 Å². The predicted octanol–water partition coefficient (Wildman–Crippen LogP) is 2.32. The Bertz CT molecular complexity index is 848. The van der Waals surface area contributed by atoms with Crippen LogP contribution in [0.2, 0.25) is 5.02 Å².